The van der Waals surface area contributed by atoms with Gasteiger partial charge in [0.15, 0.2) is 0 Å². The highest BCUT2D eigenvalue weighted by molar-refractivity contribution is 6.30. The number of aryl methyl sites for hydroxylation is 2. The van der Waals surface area contributed by atoms with Crippen molar-refractivity contribution in [2.75, 3.05) is 5.32 Å². The summed E-state index contributed by atoms with van der Waals surface area (Å²) in [6.07, 6.45) is 3.33. The highest BCUT2D eigenvalue weighted by Crippen LogP contribution is 2.15. The van der Waals surface area contributed by atoms with Crippen LogP contribution in [0.4, 0.5) is 5.69 Å². The van der Waals surface area contributed by atoms with Gasteiger partial charge in [-0.15, -0.1) is 0 Å². The van der Waals surface area contributed by atoms with Crippen LogP contribution in [-0.4, -0.2) is 25.5 Å². The molecule has 0 aliphatic carbocycles. The fourth-order valence-corrected chi connectivity index (χ4v) is 2.44. The maximum atomic E-state index is 12.1. The van der Waals surface area contributed by atoms with Gasteiger partial charge in [-0.3, -0.25) is 14.3 Å². The fourth-order valence-electron chi connectivity index (χ4n) is 2.25. The van der Waals surface area contributed by atoms with E-state index in [0.29, 0.717) is 28.2 Å². The predicted octanol–water partition coefficient (Wildman–Crippen LogP) is 1.81. The topological polar surface area (TPSA) is 81.8 Å². The van der Waals surface area contributed by atoms with Crippen LogP contribution in [0.3, 0.4) is 0 Å². The van der Waals surface area contributed by atoms with Crippen molar-refractivity contribution in [3.8, 4) is 0 Å². The van der Waals surface area contributed by atoms with Crippen molar-refractivity contribution >= 4 is 34.1 Å². The summed E-state index contributed by atoms with van der Waals surface area (Å²) in [6, 6.07) is 6.92. The lowest BCUT2D eigenvalue weighted by molar-refractivity contribution is -0.116. The summed E-state index contributed by atoms with van der Waals surface area (Å²) in [5.41, 5.74) is 0.834. The number of hydrogen-bond acceptors (Lipinski definition) is 4. The molecule has 3 aromatic rings. The van der Waals surface area contributed by atoms with Crippen LogP contribution in [0.15, 0.2) is 41.5 Å². The van der Waals surface area contributed by atoms with Crippen LogP contribution in [0.25, 0.3) is 10.9 Å². The first-order valence-corrected chi connectivity index (χ1v) is 7.35. The Balaban J connectivity index is 1.72. The zero-order valence-corrected chi connectivity index (χ0v) is 13.1. The molecule has 0 unspecified atom stereocenters. The van der Waals surface area contributed by atoms with Crippen molar-refractivity contribution in [2.24, 2.45) is 7.05 Å². The minimum atomic E-state index is -0.241. The van der Waals surface area contributed by atoms with Crippen LogP contribution in [0.5, 0.6) is 0 Å². The number of fused-ring (bicyclic) bond motifs is 1. The highest BCUT2D eigenvalue weighted by Gasteiger charge is 2.10. The molecule has 1 N–H and O–H groups in total. The van der Waals surface area contributed by atoms with E-state index in [4.69, 9.17) is 11.6 Å². The zero-order chi connectivity index (χ0) is 16.4. The summed E-state index contributed by atoms with van der Waals surface area (Å²) in [7, 11) is 1.57. The van der Waals surface area contributed by atoms with Gasteiger partial charge in [0.1, 0.15) is 5.52 Å². The SMILES string of the molecule is Cn1ncc2cnn(CCC(=O)Nc3cccc(Cl)c3)c2c1=O. The fraction of sp³-hybridized carbons (Fsp3) is 0.200. The van der Waals surface area contributed by atoms with E-state index in [1.165, 1.54) is 9.36 Å². The van der Waals surface area contributed by atoms with Crippen LogP contribution in [0, 0.1) is 0 Å². The number of benzene rings is 1. The molecule has 0 aliphatic heterocycles. The van der Waals surface area contributed by atoms with E-state index in [0.717, 1.165) is 0 Å². The van der Waals surface area contributed by atoms with Crippen LogP contribution < -0.4 is 10.9 Å². The monoisotopic (exact) mass is 331 g/mol. The molecule has 2 heterocycles. The summed E-state index contributed by atoms with van der Waals surface area (Å²) in [5.74, 6) is -0.179. The molecule has 0 saturated heterocycles. The van der Waals surface area contributed by atoms with Crippen molar-refractivity contribution in [2.45, 2.75) is 13.0 Å². The molecule has 3 rings (SSSR count). The Kier molecular flexibility index (Phi) is 4.12. The Labute approximate surface area is 136 Å². The van der Waals surface area contributed by atoms with Crippen LogP contribution in [0.1, 0.15) is 6.42 Å². The Morgan fingerprint density at radius 1 is 1.30 bits per heavy atom. The molecule has 0 fully saturated rings. The van der Waals surface area contributed by atoms with E-state index in [1.807, 2.05) is 0 Å². The molecule has 1 aromatic carbocycles. The van der Waals surface area contributed by atoms with Gasteiger partial charge in [-0.1, -0.05) is 17.7 Å². The molecule has 0 spiro atoms. The van der Waals surface area contributed by atoms with Gasteiger partial charge in [0.2, 0.25) is 5.91 Å². The highest BCUT2D eigenvalue weighted by atomic mass is 35.5. The van der Waals surface area contributed by atoms with E-state index >= 15 is 0 Å². The van der Waals surface area contributed by atoms with Gasteiger partial charge in [-0.2, -0.15) is 10.2 Å². The molecule has 0 saturated carbocycles. The number of aromatic nitrogens is 4. The number of carbonyl (C=O) groups is 1. The van der Waals surface area contributed by atoms with Crippen molar-refractivity contribution in [3.63, 3.8) is 0 Å². The Bertz CT molecular complexity index is 931. The normalized spacial score (nSPS) is 10.9. The molecule has 23 heavy (non-hydrogen) atoms. The molecule has 0 atom stereocenters. The average Bonchev–Trinajstić information content (AvgIpc) is 2.93. The van der Waals surface area contributed by atoms with E-state index in [9.17, 15) is 9.59 Å². The predicted molar refractivity (Wildman–Crippen MR) is 87.5 cm³/mol. The third-order valence-corrected chi connectivity index (χ3v) is 3.63. The standard InChI is InChI=1S/C15H14ClN5O2/c1-20-15(23)14-10(8-17-20)9-18-21(14)6-5-13(22)19-12-4-2-3-11(16)7-12/h2-4,7-9H,5-6H2,1H3,(H,19,22). The zero-order valence-electron chi connectivity index (χ0n) is 12.4. The van der Waals surface area contributed by atoms with Gasteiger partial charge in [-0.05, 0) is 18.2 Å². The summed E-state index contributed by atoms with van der Waals surface area (Å²) >= 11 is 5.88. The van der Waals surface area contributed by atoms with E-state index < -0.39 is 0 Å². The summed E-state index contributed by atoms with van der Waals surface area (Å²) in [6.45, 7) is 0.301. The first-order chi connectivity index (χ1) is 11.0. The molecule has 0 bridgehead atoms. The van der Waals surface area contributed by atoms with Gasteiger partial charge in [0.05, 0.1) is 18.9 Å². The van der Waals surface area contributed by atoms with Crippen molar-refractivity contribution in [1.82, 2.24) is 19.6 Å². The molecule has 0 radical (unpaired) electrons. The second-order valence-electron chi connectivity index (χ2n) is 5.05. The molecule has 2 aromatic heterocycles. The molecule has 8 heteroatoms. The Morgan fingerprint density at radius 3 is 2.87 bits per heavy atom. The maximum absolute atomic E-state index is 12.1. The second kappa shape index (κ2) is 6.21. The van der Waals surface area contributed by atoms with Crippen LogP contribution >= 0.6 is 11.6 Å². The van der Waals surface area contributed by atoms with Gasteiger partial charge in [0, 0.05) is 29.6 Å². The quantitative estimate of drug-likeness (QED) is 0.790. The number of carbonyl (C=O) groups excluding carboxylic acids is 1. The number of nitrogens with one attached hydrogen (secondary N) is 1. The van der Waals surface area contributed by atoms with E-state index in [2.05, 4.69) is 15.5 Å². The summed E-state index contributed by atoms with van der Waals surface area (Å²) in [5, 5.41) is 12.1. The van der Waals surface area contributed by atoms with Crippen molar-refractivity contribution in [3.05, 3.63) is 52.0 Å². The number of nitrogens with zero attached hydrogens (tertiary/aromatic N) is 4. The molecule has 1 amide bonds. The summed E-state index contributed by atoms with van der Waals surface area (Å²) in [4.78, 5) is 24.1. The second-order valence-corrected chi connectivity index (χ2v) is 5.49. The smallest absolute Gasteiger partial charge is 0.292 e. The lowest BCUT2D eigenvalue weighted by Crippen LogP contribution is -2.22. The molecule has 0 aliphatic rings. The first-order valence-electron chi connectivity index (χ1n) is 6.98. The first kappa shape index (κ1) is 15.2. The molecule has 118 valence electrons. The van der Waals surface area contributed by atoms with Crippen molar-refractivity contribution in [1.29, 1.82) is 0 Å². The Hall–Kier alpha value is -2.67. The maximum Gasteiger partial charge on any atom is 0.292 e. The van der Waals surface area contributed by atoms with E-state index in [1.54, 1.807) is 43.7 Å². The van der Waals surface area contributed by atoms with E-state index in [-0.39, 0.29) is 17.9 Å². The number of amides is 1. The van der Waals surface area contributed by atoms with Crippen LogP contribution in [0.2, 0.25) is 5.02 Å². The third kappa shape index (κ3) is 3.24. The number of anilines is 1. The van der Waals surface area contributed by atoms with Crippen molar-refractivity contribution < 1.29 is 4.79 Å². The van der Waals surface area contributed by atoms with Gasteiger partial charge in [0.25, 0.3) is 5.56 Å². The third-order valence-electron chi connectivity index (χ3n) is 3.39. The van der Waals surface area contributed by atoms with Gasteiger partial charge >= 0.3 is 0 Å². The number of rotatable bonds is 4. The minimum Gasteiger partial charge on any atom is -0.326 e. The number of hydrogen-bond donors (Lipinski definition) is 1. The largest absolute Gasteiger partial charge is 0.326 e. The molecular formula is C15H14ClN5O2. The van der Waals surface area contributed by atoms with Gasteiger partial charge < -0.3 is 5.32 Å². The lowest BCUT2D eigenvalue weighted by atomic mass is 10.3. The number of halogens is 1. The molecular weight excluding hydrogens is 318 g/mol. The van der Waals surface area contributed by atoms with Crippen LogP contribution in [-0.2, 0) is 18.4 Å². The average molecular weight is 332 g/mol. The van der Waals surface area contributed by atoms with Gasteiger partial charge in [-0.25, -0.2) is 4.68 Å². The summed E-state index contributed by atoms with van der Waals surface area (Å²) < 4.78 is 2.77. The minimum absolute atomic E-state index is 0.179. The Morgan fingerprint density at radius 2 is 2.09 bits per heavy atom. The lowest BCUT2D eigenvalue weighted by Gasteiger charge is -2.06. The molecule has 7 nitrogen and oxygen atoms in total.